The van der Waals surface area contributed by atoms with Crippen LogP contribution >= 0.6 is 0 Å². The third-order valence-electron chi connectivity index (χ3n) is 8.39. The van der Waals surface area contributed by atoms with Gasteiger partial charge in [-0.05, 0) is 57.0 Å². The Morgan fingerprint density at radius 2 is 0.778 bits per heavy atom. The predicted octanol–water partition coefficient (Wildman–Crippen LogP) is 8.33. The summed E-state index contributed by atoms with van der Waals surface area (Å²) >= 11 is 0. The van der Waals surface area contributed by atoms with Crippen LogP contribution in [0.4, 0.5) is 0 Å². The van der Waals surface area contributed by atoms with E-state index in [2.05, 4.69) is 71.4 Å². The zero-order valence-electron chi connectivity index (χ0n) is 25.9. The van der Waals surface area contributed by atoms with E-state index in [0.717, 1.165) is 13.1 Å². The topological polar surface area (TPSA) is 34.2 Å². The van der Waals surface area contributed by atoms with Crippen LogP contribution in [0.2, 0.25) is 41.8 Å². The molecule has 1 rings (SSSR count). The fourth-order valence-electron chi connectivity index (χ4n) is 7.40. The van der Waals surface area contributed by atoms with Crippen LogP contribution in [0.25, 0.3) is 0 Å². The summed E-state index contributed by atoms with van der Waals surface area (Å²) in [5, 5.41) is 0. The van der Waals surface area contributed by atoms with Crippen molar-refractivity contribution in [3.63, 3.8) is 0 Å². The predicted molar refractivity (Wildman–Crippen MR) is 165 cm³/mol. The van der Waals surface area contributed by atoms with E-state index in [0.29, 0.717) is 25.4 Å². The van der Waals surface area contributed by atoms with Gasteiger partial charge < -0.3 is 22.4 Å². The third kappa shape index (κ3) is 8.73. The normalized spacial score (nSPS) is 17.2. The van der Waals surface area contributed by atoms with Crippen molar-refractivity contribution in [2.24, 2.45) is 0 Å². The first-order chi connectivity index (χ1) is 17.4. The molecule has 0 spiro atoms. The lowest BCUT2D eigenvalue weighted by Gasteiger charge is -2.56. The molecule has 0 aromatic heterocycles. The second kappa shape index (κ2) is 17.9. The van der Waals surface area contributed by atoms with E-state index in [1.807, 2.05) is 0 Å². The van der Waals surface area contributed by atoms with E-state index in [9.17, 15) is 0 Å². The number of rotatable bonds is 21. The van der Waals surface area contributed by atoms with Crippen LogP contribution in [-0.2, 0) is 13.3 Å². The van der Waals surface area contributed by atoms with Crippen molar-refractivity contribution in [3.05, 3.63) is 0 Å². The Morgan fingerprint density at radius 1 is 0.500 bits per heavy atom. The van der Waals surface area contributed by atoms with Gasteiger partial charge >= 0.3 is 8.80 Å². The summed E-state index contributed by atoms with van der Waals surface area (Å²) in [5.74, 6) is 0. The van der Waals surface area contributed by atoms with E-state index in [4.69, 9.17) is 13.3 Å². The summed E-state index contributed by atoms with van der Waals surface area (Å²) in [7, 11) is -6.02. The Labute approximate surface area is 229 Å². The summed E-state index contributed by atoms with van der Waals surface area (Å²) < 4.78 is 25.9. The van der Waals surface area contributed by atoms with Crippen molar-refractivity contribution in [2.45, 2.75) is 143 Å². The van der Waals surface area contributed by atoms with Gasteiger partial charge in [-0.25, -0.2) is 0 Å². The molecule has 0 saturated carbocycles. The van der Waals surface area contributed by atoms with Gasteiger partial charge in [0.1, 0.15) is 16.5 Å². The first-order valence-corrected chi connectivity index (χ1v) is 22.7. The van der Waals surface area contributed by atoms with E-state index < -0.39 is 25.3 Å². The maximum atomic E-state index is 6.60. The number of nitrogens with zero attached hydrogens (tertiary/aromatic N) is 2. The molecule has 0 aliphatic carbocycles. The first-order valence-electron chi connectivity index (χ1n) is 15.8. The van der Waals surface area contributed by atoms with Crippen LogP contribution < -0.4 is 0 Å². The molecule has 1 heterocycles. The van der Waals surface area contributed by atoms with E-state index in [1.165, 1.54) is 81.5 Å². The van der Waals surface area contributed by atoms with Crippen LogP contribution in [0.15, 0.2) is 0 Å². The largest absolute Gasteiger partial charge is 0.506 e. The fraction of sp³-hybridized carbons (Fsp3) is 1.00. The molecule has 5 nitrogen and oxygen atoms in total. The molecule has 1 aliphatic heterocycles. The van der Waals surface area contributed by atoms with Crippen LogP contribution in [0.5, 0.6) is 0 Å². The molecule has 0 N–H and O–H groups in total. The molecule has 1 saturated heterocycles. The lowest BCUT2D eigenvalue weighted by molar-refractivity contribution is 0.0459. The van der Waals surface area contributed by atoms with Crippen molar-refractivity contribution in [1.29, 1.82) is 0 Å². The van der Waals surface area contributed by atoms with E-state index >= 15 is 0 Å². The van der Waals surface area contributed by atoms with Gasteiger partial charge in [-0.3, -0.25) is 0 Å². The van der Waals surface area contributed by atoms with Gasteiger partial charge in [-0.15, -0.1) is 0 Å². The Morgan fingerprint density at radius 3 is 1.00 bits per heavy atom. The average Bonchev–Trinajstić information content (AvgIpc) is 2.85. The summed E-state index contributed by atoms with van der Waals surface area (Å²) in [6.07, 6.45) is 7.83. The second-order valence-corrected chi connectivity index (χ2v) is 23.2. The van der Waals surface area contributed by atoms with Gasteiger partial charge in [0.05, 0.1) is 5.54 Å². The van der Waals surface area contributed by atoms with Crippen LogP contribution in [0.3, 0.4) is 0 Å². The molecular weight excluding hydrogens is 497 g/mol. The minimum atomic E-state index is -2.81. The quantitative estimate of drug-likeness (QED) is 0.132. The molecule has 8 heteroatoms. The molecule has 0 radical (unpaired) electrons. The smallest absolute Gasteiger partial charge is 0.374 e. The highest BCUT2D eigenvalue weighted by molar-refractivity contribution is 6.79. The third-order valence-corrected chi connectivity index (χ3v) is 23.7. The van der Waals surface area contributed by atoms with E-state index in [1.54, 1.807) is 0 Å². The monoisotopic (exact) mass is 560 g/mol. The second-order valence-electron chi connectivity index (χ2n) is 11.1. The standard InChI is InChI=1S/C28H64N2O3Si3/c1-10-19-34(20-11-2,21-12-3)29-25-28(36(31-16-7,32-17-8)33-18-9)26-30(27-29)35(22-13-4,23-14-5)24-15-6/h28H,10-27H2,1-9H3. The van der Waals surface area contributed by atoms with Crippen LogP contribution in [0.1, 0.15) is 101 Å². The summed E-state index contributed by atoms with van der Waals surface area (Å²) in [6, 6.07) is 8.53. The Kier molecular flexibility index (Phi) is 17.2. The minimum absolute atomic E-state index is 0.348. The molecular formula is C28H64N2O3Si3. The molecule has 0 aromatic rings. The zero-order chi connectivity index (χ0) is 27.1. The molecule has 0 bridgehead atoms. The van der Waals surface area contributed by atoms with Crippen molar-refractivity contribution in [1.82, 2.24) is 9.13 Å². The van der Waals surface area contributed by atoms with Crippen molar-refractivity contribution in [2.75, 3.05) is 39.6 Å². The highest BCUT2D eigenvalue weighted by atomic mass is 28.4. The molecule has 216 valence electrons. The van der Waals surface area contributed by atoms with Gasteiger partial charge in [-0.2, -0.15) is 0 Å². The Balaban J connectivity index is 3.70. The fourth-order valence-corrected chi connectivity index (χ4v) is 22.1. The minimum Gasteiger partial charge on any atom is -0.374 e. The summed E-state index contributed by atoms with van der Waals surface area (Å²) in [5.41, 5.74) is 0.348. The number of hydrogen-bond donors (Lipinski definition) is 0. The lowest BCUT2D eigenvalue weighted by Crippen LogP contribution is -2.70. The molecule has 0 unspecified atom stereocenters. The highest BCUT2D eigenvalue weighted by Gasteiger charge is 2.56. The molecule has 1 fully saturated rings. The van der Waals surface area contributed by atoms with Crippen LogP contribution in [-0.4, -0.2) is 74.0 Å². The molecule has 0 amide bonds. The number of hydrogen-bond acceptors (Lipinski definition) is 5. The van der Waals surface area contributed by atoms with Gasteiger partial charge in [-0.1, -0.05) is 80.1 Å². The molecule has 1 aliphatic rings. The van der Waals surface area contributed by atoms with Gasteiger partial charge in [0.25, 0.3) is 0 Å². The highest BCUT2D eigenvalue weighted by Crippen LogP contribution is 2.42. The Hall–Kier alpha value is 0.451. The van der Waals surface area contributed by atoms with Gasteiger partial charge in [0.2, 0.25) is 0 Å². The van der Waals surface area contributed by atoms with Crippen molar-refractivity contribution < 1.29 is 13.3 Å². The molecule has 0 aromatic carbocycles. The van der Waals surface area contributed by atoms with Gasteiger partial charge in [0.15, 0.2) is 0 Å². The zero-order valence-corrected chi connectivity index (χ0v) is 28.9. The maximum Gasteiger partial charge on any atom is 0.506 e. The maximum absolute atomic E-state index is 6.60. The Bertz CT molecular complexity index is 437. The summed E-state index contributed by atoms with van der Waals surface area (Å²) in [4.78, 5) is 0. The molecule has 36 heavy (non-hydrogen) atoms. The molecule has 0 atom stereocenters. The SMILES string of the molecule is CCC[Si](CCC)(CCC)N1CC([Si](OCC)(OCC)OCC)CN([Si](CCC)(CCC)CCC)C1. The van der Waals surface area contributed by atoms with Crippen molar-refractivity contribution >= 4 is 25.3 Å². The van der Waals surface area contributed by atoms with Crippen molar-refractivity contribution in [3.8, 4) is 0 Å². The van der Waals surface area contributed by atoms with E-state index in [-0.39, 0.29) is 0 Å². The first kappa shape index (κ1) is 34.5. The summed E-state index contributed by atoms with van der Waals surface area (Å²) in [6.45, 7) is 26.3. The van der Waals surface area contributed by atoms with Crippen LogP contribution in [0, 0.1) is 0 Å². The average molecular weight is 561 g/mol. The van der Waals surface area contributed by atoms with Gasteiger partial charge in [0, 0.05) is 39.6 Å². The lowest BCUT2D eigenvalue weighted by atomic mass is 10.3.